The fourth-order valence-electron chi connectivity index (χ4n) is 2.63. The zero-order valence-electron chi connectivity index (χ0n) is 11.0. The molecule has 3 rings (SSSR count). The fourth-order valence-corrected chi connectivity index (χ4v) is 2.63. The Morgan fingerprint density at radius 1 is 1.26 bits per heavy atom. The summed E-state index contributed by atoms with van der Waals surface area (Å²) in [6, 6.07) is 0. The highest BCUT2D eigenvalue weighted by Crippen LogP contribution is 2.37. The van der Waals surface area contributed by atoms with Crippen molar-refractivity contribution in [1.29, 1.82) is 0 Å². The molecular weight excluding hydrogens is 244 g/mol. The lowest BCUT2D eigenvalue weighted by Crippen LogP contribution is -2.43. The summed E-state index contributed by atoms with van der Waals surface area (Å²) in [5, 5.41) is 6.98. The minimum atomic E-state index is -0.332. The van der Waals surface area contributed by atoms with Crippen molar-refractivity contribution in [2.75, 3.05) is 0 Å². The number of hydrogen-bond donors (Lipinski definition) is 3. The van der Waals surface area contributed by atoms with E-state index < -0.39 is 0 Å². The molecule has 0 saturated heterocycles. The van der Waals surface area contributed by atoms with Crippen molar-refractivity contribution >= 4 is 11.8 Å². The summed E-state index contributed by atoms with van der Waals surface area (Å²) >= 11 is 0. The molecule has 1 fully saturated rings. The van der Waals surface area contributed by atoms with Gasteiger partial charge in [0.1, 0.15) is 0 Å². The minimum Gasteiger partial charge on any atom is -0.281 e. The number of hydrazine groups is 1. The summed E-state index contributed by atoms with van der Waals surface area (Å²) in [6.07, 6.45) is 4.94. The number of rotatable bonds is 2. The first-order chi connectivity index (χ1) is 9.16. The van der Waals surface area contributed by atoms with Crippen LogP contribution in [0.3, 0.4) is 0 Å². The largest absolute Gasteiger partial charge is 0.290 e. The normalized spacial score (nSPS) is 24.5. The number of aromatic nitrogens is 2. The third-order valence-electron chi connectivity index (χ3n) is 4.02. The van der Waals surface area contributed by atoms with Crippen LogP contribution in [0.5, 0.6) is 0 Å². The van der Waals surface area contributed by atoms with Gasteiger partial charge in [-0.2, -0.15) is 5.10 Å². The molecule has 0 radical (unpaired) electrons. The lowest BCUT2D eigenvalue weighted by Gasteiger charge is -2.11. The van der Waals surface area contributed by atoms with E-state index in [-0.39, 0.29) is 17.7 Å². The number of nitrogens with zero attached hydrogens (tertiary/aromatic N) is 1. The van der Waals surface area contributed by atoms with E-state index in [2.05, 4.69) is 21.0 Å². The summed E-state index contributed by atoms with van der Waals surface area (Å²) < 4.78 is 0. The predicted molar refractivity (Wildman–Crippen MR) is 68.1 cm³/mol. The Labute approximate surface area is 111 Å². The van der Waals surface area contributed by atoms with Crippen molar-refractivity contribution in [3.05, 3.63) is 17.0 Å². The van der Waals surface area contributed by atoms with Gasteiger partial charge < -0.3 is 0 Å². The van der Waals surface area contributed by atoms with Crippen LogP contribution < -0.4 is 10.9 Å². The highest BCUT2D eigenvalue weighted by Gasteiger charge is 2.39. The first kappa shape index (κ1) is 12.2. The molecule has 0 spiro atoms. The molecule has 0 aliphatic heterocycles. The Balaban J connectivity index is 1.61. The lowest BCUT2D eigenvalue weighted by molar-refractivity contribution is -0.123. The average molecular weight is 262 g/mol. The topological polar surface area (TPSA) is 86.9 Å². The second-order valence-corrected chi connectivity index (χ2v) is 5.50. The SMILES string of the molecule is C[C@H]1C[C@@H]1C(=O)NNC(=O)c1n[nH]c2c1CCCC2. The molecule has 1 heterocycles. The quantitative estimate of drug-likeness (QED) is 0.686. The Bertz CT molecular complexity index is 523. The zero-order valence-corrected chi connectivity index (χ0v) is 11.0. The molecule has 102 valence electrons. The van der Waals surface area contributed by atoms with Gasteiger partial charge in [0.05, 0.1) is 0 Å². The van der Waals surface area contributed by atoms with Gasteiger partial charge in [0, 0.05) is 17.2 Å². The van der Waals surface area contributed by atoms with E-state index in [9.17, 15) is 9.59 Å². The van der Waals surface area contributed by atoms with Crippen LogP contribution in [0.4, 0.5) is 0 Å². The van der Waals surface area contributed by atoms with Crippen LogP contribution in [0.15, 0.2) is 0 Å². The van der Waals surface area contributed by atoms with Crippen molar-refractivity contribution in [2.45, 2.75) is 39.0 Å². The molecule has 1 aromatic rings. The number of H-pyrrole nitrogens is 1. The Kier molecular flexibility index (Phi) is 3.00. The maximum atomic E-state index is 12.0. The van der Waals surface area contributed by atoms with Gasteiger partial charge in [-0.15, -0.1) is 0 Å². The molecule has 0 bridgehead atoms. The maximum Gasteiger partial charge on any atom is 0.290 e. The van der Waals surface area contributed by atoms with Crippen molar-refractivity contribution in [2.24, 2.45) is 11.8 Å². The van der Waals surface area contributed by atoms with Crippen LogP contribution in [0.1, 0.15) is 47.9 Å². The predicted octanol–water partition coefficient (Wildman–Crippen LogP) is 0.705. The second-order valence-electron chi connectivity index (χ2n) is 5.50. The summed E-state index contributed by atoms with van der Waals surface area (Å²) in [5.41, 5.74) is 7.40. The Morgan fingerprint density at radius 3 is 2.74 bits per heavy atom. The summed E-state index contributed by atoms with van der Waals surface area (Å²) in [7, 11) is 0. The molecule has 2 amide bonds. The van der Waals surface area contributed by atoms with E-state index in [4.69, 9.17) is 0 Å². The fraction of sp³-hybridized carbons (Fsp3) is 0.615. The highest BCUT2D eigenvalue weighted by atomic mass is 16.2. The van der Waals surface area contributed by atoms with Gasteiger partial charge in [-0.25, -0.2) is 0 Å². The van der Waals surface area contributed by atoms with Gasteiger partial charge in [-0.05, 0) is 38.0 Å². The van der Waals surface area contributed by atoms with Crippen molar-refractivity contribution in [1.82, 2.24) is 21.0 Å². The average Bonchev–Trinajstić information content (AvgIpc) is 3.00. The van der Waals surface area contributed by atoms with Gasteiger partial charge in [-0.1, -0.05) is 6.92 Å². The molecule has 6 heteroatoms. The van der Waals surface area contributed by atoms with E-state index in [1.807, 2.05) is 6.92 Å². The molecule has 2 atom stereocenters. The van der Waals surface area contributed by atoms with Crippen LogP contribution in [0, 0.1) is 11.8 Å². The van der Waals surface area contributed by atoms with Gasteiger partial charge in [0.15, 0.2) is 5.69 Å². The molecule has 0 unspecified atom stereocenters. The molecule has 3 N–H and O–H groups in total. The smallest absolute Gasteiger partial charge is 0.281 e. The number of aromatic amines is 1. The summed E-state index contributed by atoms with van der Waals surface area (Å²) in [4.78, 5) is 23.6. The van der Waals surface area contributed by atoms with E-state index in [1.165, 1.54) is 0 Å². The number of nitrogens with one attached hydrogen (secondary N) is 3. The first-order valence-corrected chi connectivity index (χ1v) is 6.83. The highest BCUT2D eigenvalue weighted by molar-refractivity contribution is 5.95. The third kappa shape index (κ3) is 2.34. The molecule has 2 aliphatic rings. The van der Waals surface area contributed by atoms with Crippen LogP contribution in [0.2, 0.25) is 0 Å². The minimum absolute atomic E-state index is 0.0494. The number of carbonyl (C=O) groups excluding carboxylic acids is 2. The van der Waals surface area contributed by atoms with Crippen LogP contribution in [0.25, 0.3) is 0 Å². The van der Waals surface area contributed by atoms with Gasteiger partial charge in [0.25, 0.3) is 5.91 Å². The number of hydrogen-bond acceptors (Lipinski definition) is 3. The van der Waals surface area contributed by atoms with Crippen LogP contribution in [-0.2, 0) is 17.6 Å². The number of fused-ring (bicyclic) bond motifs is 1. The number of amides is 2. The molecular formula is C13H18N4O2. The number of aryl methyl sites for hydroxylation is 1. The molecule has 19 heavy (non-hydrogen) atoms. The first-order valence-electron chi connectivity index (χ1n) is 6.83. The van der Waals surface area contributed by atoms with E-state index in [0.717, 1.165) is 43.4 Å². The van der Waals surface area contributed by atoms with Crippen LogP contribution >= 0.6 is 0 Å². The standard InChI is InChI=1S/C13H18N4O2/c1-7-6-9(7)12(18)16-17-13(19)11-8-4-2-3-5-10(8)14-15-11/h7,9H,2-6H2,1H3,(H,14,15)(H,16,18)(H,17,19)/t7-,9-/m0/s1. The molecule has 6 nitrogen and oxygen atoms in total. The van der Waals surface area contributed by atoms with E-state index >= 15 is 0 Å². The van der Waals surface area contributed by atoms with E-state index in [1.54, 1.807) is 0 Å². The molecule has 1 saturated carbocycles. The summed E-state index contributed by atoms with van der Waals surface area (Å²) in [5.74, 6) is 0.0368. The van der Waals surface area contributed by atoms with Crippen molar-refractivity contribution < 1.29 is 9.59 Å². The van der Waals surface area contributed by atoms with Gasteiger partial charge in [0.2, 0.25) is 5.91 Å². The van der Waals surface area contributed by atoms with Crippen LogP contribution in [-0.4, -0.2) is 22.0 Å². The maximum absolute atomic E-state index is 12.0. The number of carbonyl (C=O) groups is 2. The van der Waals surface area contributed by atoms with Crippen molar-refractivity contribution in [3.63, 3.8) is 0 Å². The Morgan fingerprint density at radius 2 is 2.00 bits per heavy atom. The third-order valence-corrected chi connectivity index (χ3v) is 4.02. The monoisotopic (exact) mass is 262 g/mol. The molecule has 0 aromatic carbocycles. The summed E-state index contributed by atoms with van der Waals surface area (Å²) in [6.45, 7) is 2.02. The van der Waals surface area contributed by atoms with E-state index in [0.29, 0.717) is 11.6 Å². The second kappa shape index (κ2) is 4.68. The Hall–Kier alpha value is -1.85. The van der Waals surface area contributed by atoms with Gasteiger partial charge in [-0.3, -0.25) is 25.5 Å². The van der Waals surface area contributed by atoms with Crippen molar-refractivity contribution in [3.8, 4) is 0 Å². The molecule has 2 aliphatic carbocycles. The van der Waals surface area contributed by atoms with Gasteiger partial charge >= 0.3 is 0 Å². The molecule has 1 aromatic heterocycles. The zero-order chi connectivity index (χ0) is 13.4. The lowest BCUT2D eigenvalue weighted by atomic mass is 9.96.